The standard InChI is InChI=1S/C21H25F3N6/c1-15-19(13-29-9-6-20(7-10-29)5-8-28(2)14-20)30(27-26-15)17-4-3-16(12-25)18(11-17)21(22,23)24/h3-4,11H,5-10,13-14H2,1-2H3. The highest BCUT2D eigenvalue weighted by molar-refractivity contribution is 5.47. The summed E-state index contributed by atoms with van der Waals surface area (Å²) in [7, 11) is 2.17. The number of alkyl halides is 3. The van der Waals surface area contributed by atoms with E-state index in [0.29, 0.717) is 17.7 Å². The molecule has 0 radical (unpaired) electrons. The van der Waals surface area contributed by atoms with E-state index in [1.807, 2.05) is 6.92 Å². The number of aryl methyl sites for hydroxylation is 1. The lowest BCUT2D eigenvalue weighted by Gasteiger charge is -2.39. The highest BCUT2D eigenvalue weighted by Crippen LogP contribution is 2.40. The zero-order chi connectivity index (χ0) is 21.5. The van der Waals surface area contributed by atoms with Gasteiger partial charge in [0.05, 0.1) is 34.3 Å². The monoisotopic (exact) mass is 418 g/mol. The Hall–Kier alpha value is -2.44. The number of halogens is 3. The summed E-state index contributed by atoms with van der Waals surface area (Å²) < 4.78 is 41.6. The minimum absolute atomic E-state index is 0.267. The molecule has 1 aromatic heterocycles. The minimum atomic E-state index is -4.60. The molecule has 0 atom stereocenters. The van der Waals surface area contributed by atoms with Gasteiger partial charge in [0.2, 0.25) is 0 Å². The number of benzene rings is 1. The van der Waals surface area contributed by atoms with E-state index in [9.17, 15) is 13.2 Å². The van der Waals surface area contributed by atoms with Crippen molar-refractivity contribution in [2.24, 2.45) is 5.41 Å². The number of hydrogen-bond acceptors (Lipinski definition) is 5. The molecule has 4 rings (SSSR count). The third-order valence-corrected chi connectivity index (χ3v) is 6.55. The summed E-state index contributed by atoms with van der Waals surface area (Å²) in [5.74, 6) is 0. The molecule has 2 fully saturated rings. The lowest BCUT2D eigenvalue weighted by atomic mass is 9.78. The molecule has 0 aliphatic carbocycles. The number of nitriles is 1. The van der Waals surface area contributed by atoms with Crippen molar-refractivity contribution in [3.8, 4) is 11.8 Å². The summed E-state index contributed by atoms with van der Waals surface area (Å²) >= 11 is 0. The van der Waals surface area contributed by atoms with E-state index in [4.69, 9.17) is 5.26 Å². The Labute approximate surface area is 173 Å². The van der Waals surface area contributed by atoms with Crippen LogP contribution >= 0.6 is 0 Å². The van der Waals surface area contributed by atoms with Crippen molar-refractivity contribution in [1.29, 1.82) is 5.26 Å². The second kappa shape index (κ2) is 7.67. The van der Waals surface area contributed by atoms with Crippen molar-refractivity contribution >= 4 is 0 Å². The second-order valence-electron chi connectivity index (χ2n) is 8.64. The van der Waals surface area contributed by atoms with Crippen LogP contribution in [0.1, 0.15) is 41.8 Å². The van der Waals surface area contributed by atoms with Crippen molar-refractivity contribution in [1.82, 2.24) is 24.8 Å². The van der Waals surface area contributed by atoms with Crippen LogP contribution in [-0.4, -0.2) is 58.0 Å². The fourth-order valence-corrected chi connectivity index (χ4v) is 4.73. The lowest BCUT2D eigenvalue weighted by Crippen LogP contribution is -2.41. The second-order valence-corrected chi connectivity index (χ2v) is 8.64. The van der Waals surface area contributed by atoms with Gasteiger partial charge < -0.3 is 4.90 Å². The van der Waals surface area contributed by atoms with Crippen molar-refractivity contribution in [3.05, 3.63) is 40.7 Å². The number of nitrogens with zero attached hydrogens (tertiary/aromatic N) is 6. The predicted octanol–water partition coefficient (Wildman–Crippen LogP) is 3.38. The normalized spacial score (nSPS) is 20.0. The molecule has 0 saturated carbocycles. The largest absolute Gasteiger partial charge is 0.417 e. The molecule has 9 heteroatoms. The lowest BCUT2D eigenvalue weighted by molar-refractivity contribution is -0.137. The molecular formula is C21H25F3N6. The molecule has 0 amide bonds. The topological polar surface area (TPSA) is 61.0 Å². The van der Waals surface area contributed by atoms with Gasteiger partial charge in [-0.25, -0.2) is 4.68 Å². The molecule has 160 valence electrons. The molecule has 0 unspecified atom stereocenters. The van der Waals surface area contributed by atoms with Crippen LogP contribution in [0.15, 0.2) is 18.2 Å². The van der Waals surface area contributed by atoms with Crippen molar-refractivity contribution < 1.29 is 13.2 Å². The van der Waals surface area contributed by atoms with E-state index < -0.39 is 17.3 Å². The van der Waals surface area contributed by atoms with Gasteiger partial charge in [-0.3, -0.25) is 4.90 Å². The van der Waals surface area contributed by atoms with Gasteiger partial charge in [-0.1, -0.05) is 5.21 Å². The summed E-state index contributed by atoms with van der Waals surface area (Å²) in [5, 5.41) is 17.2. The first kappa shape index (κ1) is 20.8. The number of rotatable bonds is 3. The van der Waals surface area contributed by atoms with Crippen LogP contribution in [0.2, 0.25) is 0 Å². The average molecular weight is 418 g/mol. The SMILES string of the molecule is Cc1nnn(-c2ccc(C#N)c(C(F)(F)F)c2)c1CN1CCC2(CCN(C)C2)CC1. The van der Waals surface area contributed by atoms with E-state index in [0.717, 1.165) is 50.8 Å². The Kier molecular flexibility index (Phi) is 5.32. The summed E-state index contributed by atoms with van der Waals surface area (Å²) in [5.41, 5.74) is 0.816. The quantitative estimate of drug-likeness (QED) is 0.765. The molecule has 1 aromatic carbocycles. The van der Waals surface area contributed by atoms with Crippen molar-refractivity contribution in [2.75, 3.05) is 33.2 Å². The molecule has 3 heterocycles. The first-order chi connectivity index (χ1) is 14.2. The van der Waals surface area contributed by atoms with E-state index in [-0.39, 0.29) is 5.69 Å². The van der Waals surface area contributed by atoms with Crippen LogP contribution < -0.4 is 0 Å². The van der Waals surface area contributed by atoms with Crippen LogP contribution in [0.4, 0.5) is 13.2 Å². The maximum atomic E-state index is 13.4. The Bertz CT molecular complexity index is 966. The average Bonchev–Trinajstić information content (AvgIpc) is 3.25. The zero-order valence-corrected chi connectivity index (χ0v) is 17.2. The molecule has 0 bridgehead atoms. The zero-order valence-electron chi connectivity index (χ0n) is 17.2. The van der Waals surface area contributed by atoms with Gasteiger partial charge in [-0.2, -0.15) is 18.4 Å². The molecule has 2 saturated heterocycles. The summed E-state index contributed by atoms with van der Waals surface area (Å²) in [6, 6.07) is 5.28. The molecule has 1 spiro atoms. The van der Waals surface area contributed by atoms with Gasteiger partial charge in [-0.15, -0.1) is 5.10 Å². The van der Waals surface area contributed by atoms with Gasteiger partial charge in [0.25, 0.3) is 0 Å². The smallest absolute Gasteiger partial charge is 0.306 e. The molecule has 0 N–H and O–H groups in total. The maximum Gasteiger partial charge on any atom is 0.417 e. The Morgan fingerprint density at radius 3 is 2.47 bits per heavy atom. The van der Waals surface area contributed by atoms with Gasteiger partial charge in [0.1, 0.15) is 0 Å². The Morgan fingerprint density at radius 1 is 1.17 bits per heavy atom. The van der Waals surface area contributed by atoms with Gasteiger partial charge in [0.15, 0.2) is 0 Å². The molecule has 2 aliphatic rings. The van der Waals surface area contributed by atoms with Gasteiger partial charge >= 0.3 is 6.18 Å². The third-order valence-electron chi connectivity index (χ3n) is 6.55. The number of hydrogen-bond donors (Lipinski definition) is 0. The highest BCUT2D eigenvalue weighted by atomic mass is 19.4. The molecule has 6 nitrogen and oxygen atoms in total. The molecule has 2 aromatic rings. The van der Waals surface area contributed by atoms with Gasteiger partial charge in [0, 0.05) is 13.1 Å². The van der Waals surface area contributed by atoms with Crippen LogP contribution in [0, 0.1) is 23.7 Å². The maximum absolute atomic E-state index is 13.4. The predicted molar refractivity (Wildman–Crippen MR) is 105 cm³/mol. The highest BCUT2D eigenvalue weighted by Gasteiger charge is 2.39. The number of aromatic nitrogens is 3. The first-order valence-corrected chi connectivity index (χ1v) is 10.1. The third kappa shape index (κ3) is 3.94. The Balaban J connectivity index is 1.55. The number of piperidine rings is 1. The molecule has 30 heavy (non-hydrogen) atoms. The van der Waals surface area contributed by atoms with Crippen LogP contribution in [0.25, 0.3) is 5.69 Å². The van der Waals surface area contributed by atoms with E-state index in [2.05, 4.69) is 27.2 Å². The summed E-state index contributed by atoms with van der Waals surface area (Å²) in [4.78, 5) is 4.72. The van der Waals surface area contributed by atoms with Crippen LogP contribution in [-0.2, 0) is 12.7 Å². The van der Waals surface area contributed by atoms with E-state index in [1.54, 1.807) is 6.07 Å². The van der Waals surface area contributed by atoms with Crippen LogP contribution in [0.5, 0.6) is 0 Å². The first-order valence-electron chi connectivity index (χ1n) is 10.1. The van der Waals surface area contributed by atoms with E-state index in [1.165, 1.54) is 23.2 Å². The molecular weight excluding hydrogens is 393 g/mol. The summed E-state index contributed by atoms with van der Waals surface area (Å²) in [6.45, 7) is 6.62. The fourth-order valence-electron chi connectivity index (χ4n) is 4.73. The van der Waals surface area contributed by atoms with Crippen molar-refractivity contribution in [3.63, 3.8) is 0 Å². The number of likely N-dealkylation sites (tertiary alicyclic amines) is 2. The fraction of sp³-hybridized carbons (Fsp3) is 0.571. The summed E-state index contributed by atoms with van der Waals surface area (Å²) in [6.07, 6.45) is -1.10. The minimum Gasteiger partial charge on any atom is -0.306 e. The Morgan fingerprint density at radius 2 is 1.87 bits per heavy atom. The molecule has 2 aliphatic heterocycles. The van der Waals surface area contributed by atoms with E-state index >= 15 is 0 Å². The van der Waals surface area contributed by atoms with Crippen molar-refractivity contribution in [2.45, 2.75) is 38.9 Å². The van der Waals surface area contributed by atoms with Crippen LogP contribution in [0.3, 0.4) is 0 Å². The van der Waals surface area contributed by atoms with Gasteiger partial charge in [-0.05, 0) is 76.5 Å².